The summed E-state index contributed by atoms with van der Waals surface area (Å²) in [6, 6.07) is 8.27. The zero-order valence-corrected chi connectivity index (χ0v) is 14.8. The van der Waals surface area contributed by atoms with Crippen molar-refractivity contribution in [1.29, 1.82) is 0 Å². The maximum atomic E-state index is 4.64. The van der Waals surface area contributed by atoms with Crippen molar-refractivity contribution >= 4 is 37.7 Å². The Balaban J connectivity index is 2.31. The molecule has 0 aliphatic carbocycles. The first-order valence-corrected chi connectivity index (χ1v) is 8.26. The molecule has 0 unspecified atom stereocenters. The number of benzene rings is 1. The highest BCUT2D eigenvalue weighted by molar-refractivity contribution is 9.11. The van der Waals surface area contributed by atoms with Gasteiger partial charge in [0.2, 0.25) is 0 Å². The highest BCUT2D eigenvalue weighted by atomic mass is 79.9. The largest absolute Gasteiger partial charge is 0.369 e. The molecule has 1 heterocycles. The monoisotopic (exact) mass is 397 g/mol. The molecule has 0 atom stereocenters. The number of hydrogen-bond acceptors (Lipinski definition) is 3. The van der Waals surface area contributed by atoms with Gasteiger partial charge in [-0.3, -0.25) is 0 Å². The predicted octanol–water partition coefficient (Wildman–Crippen LogP) is 4.59. The quantitative estimate of drug-likeness (QED) is 0.800. The third-order valence-electron chi connectivity index (χ3n) is 2.92. The molecule has 0 spiro atoms. The molecule has 0 fully saturated rings. The van der Waals surface area contributed by atoms with Crippen molar-refractivity contribution in [3.05, 3.63) is 50.3 Å². The van der Waals surface area contributed by atoms with Crippen molar-refractivity contribution in [2.75, 3.05) is 11.9 Å². The van der Waals surface area contributed by atoms with Gasteiger partial charge in [0.15, 0.2) is 0 Å². The average Bonchev–Trinajstić information content (AvgIpc) is 2.45. The first-order chi connectivity index (χ1) is 9.63. The normalized spacial score (nSPS) is 10.6. The molecule has 1 N–H and O–H groups in total. The number of aromatic nitrogens is 2. The van der Waals surface area contributed by atoms with Crippen LogP contribution < -0.4 is 5.32 Å². The summed E-state index contributed by atoms with van der Waals surface area (Å²) in [5, 5.41) is 3.28. The van der Waals surface area contributed by atoms with Crippen LogP contribution in [0.5, 0.6) is 0 Å². The number of halogens is 2. The molecule has 1 aromatic heterocycles. The van der Waals surface area contributed by atoms with Crippen LogP contribution in [0.1, 0.15) is 30.9 Å². The van der Waals surface area contributed by atoms with E-state index in [0.29, 0.717) is 0 Å². The van der Waals surface area contributed by atoms with Crippen molar-refractivity contribution in [2.45, 2.75) is 26.7 Å². The fraction of sp³-hybridized carbons (Fsp3) is 0.333. The van der Waals surface area contributed by atoms with Crippen LogP contribution in [0.3, 0.4) is 0 Å². The first-order valence-electron chi connectivity index (χ1n) is 6.67. The van der Waals surface area contributed by atoms with Crippen molar-refractivity contribution in [3.63, 3.8) is 0 Å². The van der Waals surface area contributed by atoms with Gasteiger partial charge in [-0.05, 0) is 47.0 Å². The lowest BCUT2D eigenvalue weighted by Crippen LogP contribution is -2.08. The molecule has 2 aromatic rings. The van der Waals surface area contributed by atoms with Gasteiger partial charge in [-0.25, -0.2) is 9.97 Å². The second-order valence-corrected chi connectivity index (χ2v) is 6.14. The summed E-state index contributed by atoms with van der Waals surface area (Å²) in [6.45, 7) is 5.01. The van der Waals surface area contributed by atoms with Crippen molar-refractivity contribution in [2.24, 2.45) is 0 Å². The van der Waals surface area contributed by atoms with E-state index in [4.69, 9.17) is 0 Å². The fourth-order valence-electron chi connectivity index (χ4n) is 1.93. The smallest absolute Gasteiger partial charge is 0.144 e. The Kier molecular flexibility index (Phi) is 5.54. The molecule has 3 nitrogen and oxygen atoms in total. The van der Waals surface area contributed by atoms with Gasteiger partial charge in [0.25, 0.3) is 0 Å². The van der Waals surface area contributed by atoms with Gasteiger partial charge in [0.05, 0.1) is 10.2 Å². The zero-order valence-electron chi connectivity index (χ0n) is 11.6. The lowest BCUT2D eigenvalue weighted by atomic mass is 10.1. The van der Waals surface area contributed by atoms with Gasteiger partial charge in [0, 0.05) is 17.4 Å². The highest BCUT2D eigenvalue weighted by Crippen LogP contribution is 2.25. The SMILES string of the molecule is CCNc1nc(Cc2ccc(Br)cc2)nc(CC)c1Br. The Hall–Kier alpha value is -0.940. The van der Waals surface area contributed by atoms with Gasteiger partial charge in [0.1, 0.15) is 11.6 Å². The summed E-state index contributed by atoms with van der Waals surface area (Å²) < 4.78 is 2.06. The van der Waals surface area contributed by atoms with Crippen molar-refractivity contribution in [3.8, 4) is 0 Å². The molecule has 5 heteroatoms. The molecule has 106 valence electrons. The van der Waals surface area contributed by atoms with Crippen LogP contribution in [0.25, 0.3) is 0 Å². The van der Waals surface area contributed by atoms with E-state index >= 15 is 0 Å². The molecule has 0 bridgehead atoms. The molecular weight excluding hydrogens is 382 g/mol. The molecule has 0 aliphatic rings. The number of hydrogen-bond donors (Lipinski definition) is 1. The van der Waals surface area contributed by atoms with Crippen LogP contribution >= 0.6 is 31.9 Å². The fourth-order valence-corrected chi connectivity index (χ4v) is 2.79. The Morgan fingerprint density at radius 2 is 1.75 bits per heavy atom. The average molecular weight is 399 g/mol. The second-order valence-electron chi connectivity index (χ2n) is 4.44. The summed E-state index contributed by atoms with van der Waals surface area (Å²) >= 11 is 7.03. The highest BCUT2D eigenvalue weighted by Gasteiger charge is 2.11. The molecule has 1 aromatic carbocycles. The van der Waals surface area contributed by atoms with E-state index in [1.54, 1.807) is 0 Å². The summed E-state index contributed by atoms with van der Waals surface area (Å²) in [7, 11) is 0. The predicted molar refractivity (Wildman–Crippen MR) is 90.2 cm³/mol. The van der Waals surface area contributed by atoms with E-state index in [0.717, 1.165) is 45.7 Å². The van der Waals surface area contributed by atoms with Gasteiger partial charge in [-0.15, -0.1) is 0 Å². The number of nitrogens with one attached hydrogen (secondary N) is 1. The standard InChI is InChI=1S/C15H17Br2N3/c1-3-12-14(17)15(18-4-2)20-13(19-12)9-10-5-7-11(16)8-6-10/h5-8H,3-4,9H2,1-2H3,(H,18,19,20). The molecule has 0 amide bonds. The number of rotatable bonds is 5. The minimum absolute atomic E-state index is 0.742. The van der Waals surface area contributed by atoms with E-state index in [9.17, 15) is 0 Å². The van der Waals surface area contributed by atoms with E-state index in [1.165, 1.54) is 5.56 Å². The topological polar surface area (TPSA) is 37.8 Å². The lowest BCUT2D eigenvalue weighted by Gasteiger charge is -2.11. The molecular formula is C15H17Br2N3. The maximum absolute atomic E-state index is 4.64. The van der Waals surface area contributed by atoms with Crippen molar-refractivity contribution < 1.29 is 0 Å². The zero-order chi connectivity index (χ0) is 14.5. The Bertz CT molecular complexity index is 582. The number of anilines is 1. The molecule has 2 rings (SSSR count). The Morgan fingerprint density at radius 3 is 2.35 bits per heavy atom. The Morgan fingerprint density at radius 1 is 1.05 bits per heavy atom. The summed E-state index contributed by atoms with van der Waals surface area (Å²) in [4.78, 5) is 9.25. The molecule has 0 aliphatic heterocycles. The summed E-state index contributed by atoms with van der Waals surface area (Å²) in [5.74, 6) is 1.73. The third-order valence-corrected chi connectivity index (χ3v) is 4.28. The van der Waals surface area contributed by atoms with Crippen LogP contribution in [0, 0.1) is 0 Å². The van der Waals surface area contributed by atoms with E-state index in [2.05, 4.69) is 73.1 Å². The first kappa shape index (κ1) is 15.4. The summed E-state index contributed by atoms with van der Waals surface area (Å²) in [6.07, 6.45) is 1.63. The molecule has 0 radical (unpaired) electrons. The van der Waals surface area contributed by atoms with Crippen LogP contribution in [0.15, 0.2) is 33.2 Å². The van der Waals surface area contributed by atoms with Crippen LogP contribution in [-0.4, -0.2) is 16.5 Å². The van der Waals surface area contributed by atoms with Gasteiger partial charge in [-0.2, -0.15) is 0 Å². The van der Waals surface area contributed by atoms with Gasteiger partial charge >= 0.3 is 0 Å². The van der Waals surface area contributed by atoms with Crippen LogP contribution in [0.2, 0.25) is 0 Å². The minimum atomic E-state index is 0.742. The van der Waals surface area contributed by atoms with E-state index in [-0.39, 0.29) is 0 Å². The van der Waals surface area contributed by atoms with E-state index in [1.807, 2.05) is 12.1 Å². The summed E-state index contributed by atoms with van der Waals surface area (Å²) in [5.41, 5.74) is 2.25. The number of aryl methyl sites for hydroxylation is 1. The van der Waals surface area contributed by atoms with Crippen LogP contribution in [-0.2, 0) is 12.8 Å². The van der Waals surface area contributed by atoms with Crippen molar-refractivity contribution in [1.82, 2.24) is 9.97 Å². The third kappa shape index (κ3) is 3.79. The molecule has 20 heavy (non-hydrogen) atoms. The Labute approximate surface area is 136 Å². The number of nitrogens with zero attached hydrogens (tertiary/aromatic N) is 2. The minimum Gasteiger partial charge on any atom is -0.369 e. The molecule has 0 saturated heterocycles. The van der Waals surface area contributed by atoms with E-state index < -0.39 is 0 Å². The van der Waals surface area contributed by atoms with Gasteiger partial charge in [-0.1, -0.05) is 35.0 Å². The van der Waals surface area contributed by atoms with Crippen LogP contribution in [0.4, 0.5) is 5.82 Å². The van der Waals surface area contributed by atoms with Gasteiger partial charge < -0.3 is 5.32 Å². The lowest BCUT2D eigenvalue weighted by molar-refractivity contribution is 0.894. The molecule has 0 saturated carbocycles. The maximum Gasteiger partial charge on any atom is 0.144 e. The second kappa shape index (κ2) is 7.18.